The Balaban J connectivity index is 1.44. The van der Waals surface area contributed by atoms with Gasteiger partial charge in [-0.2, -0.15) is 5.10 Å². The van der Waals surface area contributed by atoms with E-state index in [2.05, 4.69) is 15.1 Å². The standard InChI is InChI=1S/C18H17ClN4O5S2/c1-10-12(17(19)23(22-10)11-5-7-30(26,27)9-11)2-3-15(24)28-8-14-20-13-4-6-29-16(13)18(25)21-14/h2-4,6,11H,5,7-9H2,1H3,(H,20,21,25)/b3-2+/t11-/m1/s1. The summed E-state index contributed by atoms with van der Waals surface area (Å²) in [5.74, 6) is -0.289. The maximum absolute atomic E-state index is 12.1. The van der Waals surface area contributed by atoms with Gasteiger partial charge in [0.25, 0.3) is 5.56 Å². The van der Waals surface area contributed by atoms with Crippen molar-refractivity contribution >= 4 is 55.0 Å². The number of carbonyl (C=O) groups excluding carboxylic acids is 1. The first-order chi connectivity index (χ1) is 14.2. The molecule has 1 saturated heterocycles. The van der Waals surface area contributed by atoms with Gasteiger partial charge in [-0.25, -0.2) is 22.9 Å². The number of esters is 1. The van der Waals surface area contributed by atoms with Crippen LogP contribution in [0, 0.1) is 6.92 Å². The number of aromatic nitrogens is 4. The first kappa shape index (κ1) is 20.8. The van der Waals surface area contributed by atoms with E-state index >= 15 is 0 Å². The van der Waals surface area contributed by atoms with E-state index in [-0.39, 0.29) is 40.7 Å². The summed E-state index contributed by atoms with van der Waals surface area (Å²) in [5.41, 5.74) is 1.36. The SMILES string of the molecule is Cc1nn([C@@H]2CCS(=O)(=O)C2)c(Cl)c1/C=C/C(=O)OCc1nc2ccsc2c(=O)[nH]1. The lowest BCUT2D eigenvalue weighted by Gasteiger charge is -2.09. The topological polar surface area (TPSA) is 124 Å². The minimum Gasteiger partial charge on any atom is -0.454 e. The number of nitrogens with zero attached hydrogens (tertiary/aromatic N) is 3. The molecule has 0 radical (unpaired) electrons. The highest BCUT2D eigenvalue weighted by Crippen LogP contribution is 2.30. The van der Waals surface area contributed by atoms with E-state index < -0.39 is 15.8 Å². The summed E-state index contributed by atoms with van der Waals surface area (Å²) in [5, 5.41) is 6.36. The first-order valence-corrected chi connectivity index (χ1v) is 12.1. The average molecular weight is 469 g/mol. The molecule has 1 fully saturated rings. The second-order valence-electron chi connectivity index (χ2n) is 6.88. The van der Waals surface area contributed by atoms with E-state index in [1.165, 1.54) is 28.2 Å². The zero-order valence-corrected chi connectivity index (χ0v) is 18.2. The maximum atomic E-state index is 12.1. The molecule has 4 rings (SSSR count). The Hall–Kier alpha value is -2.50. The normalized spacial score (nSPS) is 18.4. The van der Waals surface area contributed by atoms with E-state index in [0.29, 0.717) is 27.9 Å². The van der Waals surface area contributed by atoms with Crippen molar-refractivity contribution in [2.24, 2.45) is 0 Å². The molecule has 3 aromatic heterocycles. The van der Waals surface area contributed by atoms with Gasteiger partial charge in [0, 0.05) is 11.6 Å². The van der Waals surface area contributed by atoms with Crippen molar-refractivity contribution in [3.8, 4) is 0 Å². The van der Waals surface area contributed by atoms with Gasteiger partial charge in [-0.05, 0) is 30.9 Å². The van der Waals surface area contributed by atoms with Crippen LogP contribution >= 0.6 is 22.9 Å². The molecular formula is C18H17ClN4O5S2. The maximum Gasteiger partial charge on any atom is 0.331 e. The lowest BCUT2D eigenvalue weighted by Crippen LogP contribution is -2.12. The van der Waals surface area contributed by atoms with Crippen molar-refractivity contribution in [2.45, 2.75) is 26.0 Å². The third-order valence-corrected chi connectivity index (χ3v) is 7.76. The van der Waals surface area contributed by atoms with Gasteiger partial charge in [0.2, 0.25) is 0 Å². The lowest BCUT2D eigenvalue weighted by molar-refractivity contribution is -0.139. The van der Waals surface area contributed by atoms with Crippen LogP contribution in [0.1, 0.15) is 29.5 Å². The van der Waals surface area contributed by atoms with Crippen LogP contribution in [0.3, 0.4) is 0 Å². The van der Waals surface area contributed by atoms with Gasteiger partial charge in [0.05, 0.1) is 28.8 Å². The summed E-state index contributed by atoms with van der Waals surface area (Å²) < 4.78 is 30.6. The molecule has 0 saturated carbocycles. The van der Waals surface area contributed by atoms with Gasteiger partial charge in [-0.15, -0.1) is 11.3 Å². The van der Waals surface area contributed by atoms with Gasteiger partial charge in [0.15, 0.2) is 9.84 Å². The molecule has 4 heterocycles. The number of rotatable bonds is 5. The minimum absolute atomic E-state index is 0.00128. The number of halogens is 1. The quantitative estimate of drug-likeness (QED) is 0.449. The predicted octanol–water partition coefficient (Wildman–Crippen LogP) is 2.26. The van der Waals surface area contributed by atoms with Gasteiger partial charge in [-0.3, -0.25) is 4.79 Å². The second kappa shape index (κ2) is 7.97. The number of ether oxygens (including phenoxy) is 1. The van der Waals surface area contributed by atoms with Gasteiger partial charge in [-0.1, -0.05) is 11.6 Å². The summed E-state index contributed by atoms with van der Waals surface area (Å²) in [7, 11) is -3.08. The number of aromatic amines is 1. The Labute approximate surface area is 180 Å². The molecule has 1 aliphatic rings. The van der Waals surface area contributed by atoms with Gasteiger partial charge in [0.1, 0.15) is 22.3 Å². The number of hydrogen-bond acceptors (Lipinski definition) is 8. The van der Waals surface area contributed by atoms with Crippen molar-refractivity contribution in [1.82, 2.24) is 19.7 Å². The van der Waals surface area contributed by atoms with E-state index in [9.17, 15) is 18.0 Å². The fourth-order valence-corrected chi connectivity index (χ4v) is 6.05. The van der Waals surface area contributed by atoms with E-state index in [4.69, 9.17) is 16.3 Å². The van der Waals surface area contributed by atoms with Gasteiger partial charge < -0.3 is 9.72 Å². The largest absolute Gasteiger partial charge is 0.454 e. The number of aryl methyl sites for hydroxylation is 1. The summed E-state index contributed by atoms with van der Waals surface area (Å²) in [6.45, 7) is 1.54. The zero-order valence-electron chi connectivity index (χ0n) is 15.8. The second-order valence-corrected chi connectivity index (χ2v) is 10.4. The number of hydrogen-bond donors (Lipinski definition) is 1. The van der Waals surface area contributed by atoms with Crippen LogP contribution in [-0.4, -0.2) is 45.6 Å². The van der Waals surface area contributed by atoms with Crippen LogP contribution in [0.25, 0.3) is 16.3 Å². The first-order valence-electron chi connectivity index (χ1n) is 9.00. The third-order valence-electron chi connectivity index (χ3n) is 4.73. The number of H-pyrrole nitrogens is 1. The molecule has 9 nitrogen and oxygen atoms in total. The Morgan fingerprint density at radius 1 is 1.50 bits per heavy atom. The monoisotopic (exact) mass is 468 g/mol. The van der Waals surface area contributed by atoms with Crippen LogP contribution in [0.15, 0.2) is 22.3 Å². The highest BCUT2D eigenvalue weighted by molar-refractivity contribution is 7.91. The Morgan fingerprint density at radius 3 is 3.03 bits per heavy atom. The van der Waals surface area contributed by atoms with E-state index in [1.54, 1.807) is 18.4 Å². The molecular weight excluding hydrogens is 452 g/mol. The number of carbonyl (C=O) groups is 1. The van der Waals surface area contributed by atoms with Crippen molar-refractivity contribution in [2.75, 3.05) is 11.5 Å². The predicted molar refractivity (Wildman–Crippen MR) is 113 cm³/mol. The van der Waals surface area contributed by atoms with E-state index in [1.807, 2.05) is 0 Å². The lowest BCUT2D eigenvalue weighted by atomic mass is 10.2. The molecule has 0 unspecified atom stereocenters. The third kappa shape index (κ3) is 4.18. The Kier molecular flexibility index (Phi) is 5.51. The molecule has 30 heavy (non-hydrogen) atoms. The summed E-state index contributed by atoms with van der Waals surface area (Å²) in [6.07, 6.45) is 3.13. The van der Waals surface area contributed by atoms with Gasteiger partial charge >= 0.3 is 5.97 Å². The molecule has 158 valence electrons. The van der Waals surface area contributed by atoms with Crippen molar-refractivity contribution in [1.29, 1.82) is 0 Å². The number of thiophene rings is 1. The molecule has 1 aliphatic heterocycles. The van der Waals surface area contributed by atoms with Crippen molar-refractivity contribution in [3.63, 3.8) is 0 Å². The minimum atomic E-state index is -3.08. The van der Waals surface area contributed by atoms with Crippen LogP contribution in [0.2, 0.25) is 5.15 Å². The highest BCUT2D eigenvalue weighted by Gasteiger charge is 2.31. The molecule has 12 heteroatoms. The smallest absolute Gasteiger partial charge is 0.331 e. The number of sulfone groups is 1. The summed E-state index contributed by atoms with van der Waals surface area (Å²) >= 11 is 7.66. The van der Waals surface area contributed by atoms with Crippen LogP contribution < -0.4 is 5.56 Å². The molecule has 1 atom stereocenters. The molecule has 0 aromatic carbocycles. The highest BCUT2D eigenvalue weighted by atomic mass is 35.5. The molecule has 0 aliphatic carbocycles. The Bertz CT molecular complexity index is 1320. The van der Waals surface area contributed by atoms with Crippen LogP contribution in [0.4, 0.5) is 0 Å². The Morgan fingerprint density at radius 2 is 2.30 bits per heavy atom. The molecule has 0 bridgehead atoms. The van der Waals surface area contributed by atoms with Crippen LogP contribution in [0.5, 0.6) is 0 Å². The summed E-state index contributed by atoms with van der Waals surface area (Å²) in [4.78, 5) is 30.9. The van der Waals surface area contributed by atoms with E-state index in [0.717, 1.165) is 0 Å². The van der Waals surface area contributed by atoms with Crippen LogP contribution in [-0.2, 0) is 26.0 Å². The zero-order chi connectivity index (χ0) is 21.5. The fraction of sp³-hybridized carbons (Fsp3) is 0.333. The van der Waals surface area contributed by atoms with Crippen molar-refractivity contribution in [3.05, 3.63) is 50.1 Å². The molecule has 3 aromatic rings. The van der Waals surface area contributed by atoms with Crippen molar-refractivity contribution < 1.29 is 17.9 Å². The number of nitrogens with one attached hydrogen (secondary N) is 1. The molecule has 0 spiro atoms. The number of fused-ring (bicyclic) bond motifs is 1. The molecule has 1 N–H and O–H groups in total. The average Bonchev–Trinajstić information content (AvgIpc) is 3.37. The summed E-state index contributed by atoms with van der Waals surface area (Å²) in [6, 6.07) is 1.41. The molecule has 0 amide bonds. The fourth-order valence-electron chi connectivity index (χ4n) is 3.26.